The zero-order valence-corrected chi connectivity index (χ0v) is 13.2. The van der Waals surface area contributed by atoms with Gasteiger partial charge in [-0.05, 0) is 25.3 Å². The van der Waals surface area contributed by atoms with Crippen LogP contribution in [0.2, 0.25) is 0 Å². The second-order valence-electron chi connectivity index (χ2n) is 4.68. The van der Waals surface area contributed by atoms with E-state index in [1.807, 2.05) is 6.92 Å². The molecule has 0 radical (unpaired) electrons. The Kier molecular flexibility index (Phi) is 8.59. The van der Waals surface area contributed by atoms with Crippen molar-refractivity contribution in [3.8, 4) is 0 Å². The highest BCUT2D eigenvalue weighted by Crippen LogP contribution is 2.11. The first-order chi connectivity index (χ1) is 10.7. The van der Waals surface area contributed by atoms with Crippen LogP contribution in [-0.4, -0.2) is 37.7 Å². The SMILES string of the molecule is CCOCCCCNC(=NC)NCc1ccc([N+](=O)[O-])cc1. The Bertz CT molecular complexity index is 474. The molecule has 22 heavy (non-hydrogen) atoms. The van der Waals surface area contributed by atoms with Gasteiger partial charge in [-0.25, -0.2) is 0 Å². The fraction of sp³-hybridized carbons (Fsp3) is 0.533. The Morgan fingerprint density at radius 3 is 2.59 bits per heavy atom. The van der Waals surface area contributed by atoms with Gasteiger partial charge >= 0.3 is 0 Å². The maximum atomic E-state index is 10.6. The number of aliphatic imine (C=N–C) groups is 1. The first-order valence-electron chi connectivity index (χ1n) is 7.43. The van der Waals surface area contributed by atoms with E-state index in [0.29, 0.717) is 6.54 Å². The fourth-order valence-corrected chi connectivity index (χ4v) is 1.82. The minimum atomic E-state index is -0.403. The first kappa shape index (κ1) is 17.9. The van der Waals surface area contributed by atoms with Crippen LogP contribution in [0, 0.1) is 10.1 Å². The summed E-state index contributed by atoms with van der Waals surface area (Å²) in [5.41, 5.74) is 1.06. The molecule has 0 atom stereocenters. The van der Waals surface area contributed by atoms with Gasteiger partial charge in [-0.1, -0.05) is 12.1 Å². The normalized spacial score (nSPS) is 11.3. The number of hydrogen-bond donors (Lipinski definition) is 2. The second-order valence-corrected chi connectivity index (χ2v) is 4.68. The maximum Gasteiger partial charge on any atom is 0.269 e. The molecule has 0 heterocycles. The average Bonchev–Trinajstić information content (AvgIpc) is 2.54. The lowest BCUT2D eigenvalue weighted by Gasteiger charge is -2.11. The number of unbranched alkanes of at least 4 members (excludes halogenated alkanes) is 1. The van der Waals surface area contributed by atoms with E-state index in [4.69, 9.17) is 4.74 Å². The van der Waals surface area contributed by atoms with Crippen molar-refractivity contribution in [1.82, 2.24) is 10.6 Å². The molecule has 7 nitrogen and oxygen atoms in total. The van der Waals surface area contributed by atoms with Crippen LogP contribution in [-0.2, 0) is 11.3 Å². The molecule has 122 valence electrons. The molecule has 1 aromatic rings. The minimum absolute atomic E-state index is 0.0977. The summed E-state index contributed by atoms with van der Waals surface area (Å²) in [7, 11) is 1.71. The number of nitro groups is 1. The van der Waals surface area contributed by atoms with Gasteiger partial charge < -0.3 is 15.4 Å². The fourth-order valence-electron chi connectivity index (χ4n) is 1.82. The van der Waals surface area contributed by atoms with E-state index in [1.54, 1.807) is 19.2 Å². The van der Waals surface area contributed by atoms with Gasteiger partial charge in [0.2, 0.25) is 0 Å². The van der Waals surface area contributed by atoms with Gasteiger partial charge in [0.25, 0.3) is 5.69 Å². The van der Waals surface area contributed by atoms with E-state index in [1.165, 1.54) is 12.1 Å². The number of nitro benzene ring substituents is 1. The Morgan fingerprint density at radius 1 is 1.27 bits per heavy atom. The summed E-state index contributed by atoms with van der Waals surface area (Å²) in [5, 5.41) is 17.0. The van der Waals surface area contributed by atoms with Crippen LogP contribution >= 0.6 is 0 Å². The van der Waals surface area contributed by atoms with Crippen LogP contribution in [0.1, 0.15) is 25.3 Å². The van der Waals surface area contributed by atoms with E-state index < -0.39 is 4.92 Å². The molecule has 0 saturated heterocycles. The zero-order valence-electron chi connectivity index (χ0n) is 13.2. The topological polar surface area (TPSA) is 88.8 Å². The van der Waals surface area contributed by atoms with Gasteiger partial charge in [-0.2, -0.15) is 0 Å². The quantitative estimate of drug-likeness (QED) is 0.240. The van der Waals surface area contributed by atoms with Crippen molar-refractivity contribution in [2.45, 2.75) is 26.3 Å². The Morgan fingerprint density at radius 2 is 2.00 bits per heavy atom. The predicted molar refractivity (Wildman–Crippen MR) is 87.0 cm³/mol. The van der Waals surface area contributed by atoms with E-state index in [0.717, 1.165) is 44.1 Å². The molecule has 0 fully saturated rings. The standard InChI is InChI=1S/C15H24N4O3/c1-3-22-11-5-4-10-17-15(16-2)18-12-13-6-8-14(9-7-13)19(20)21/h6-9H,3-5,10-12H2,1-2H3,(H2,16,17,18). The third kappa shape index (κ3) is 7.03. The monoisotopic (exact) mass is 308 g/mol. The largest absolute Gasteiger partial charge is 0.382 e. The Balaban J connectivity index is 2.27. The Hall–Kier alpha value is -2.15. The number of nitrogens with zero attached hydrogens (tertiary/aromatic N) is 2. The van der Waals surface area contributed by atoms with Crippen LogP contribution in [0.25, 0.3) is 0 Å². The van der Waals surface area contributed by atoms with E-state index in [9.17, 15) is 10.1 Å². The van der Waals surface area contributed by atoms with E-state index in [2.05, 4.69) is 15.6 Å². The van der Waals surface area contributed by atoms with Crippen molar-refractivity contribution in [3.63, 3.8) is 0 Å². The molecule has 7 heteroatoms. The second kappa shape index (κ2) is 10.6. The third-order valence-corrected chi connectivity index (χ3v) is 3.04. The summed E-state index contributed by atoms with van der Waals surface area (Å²) in [6.07, 6.45) is 2.03. The van der Waals surface area contributed by atoms with Crippen LogP contribution in [0.15, 0.2) is 29.3 Å². The predicted octanol–water partition coefficient (Wildman–Crippen LogP) is 2.08. The van der Waals surface area contributed by atoms with Gasteiger partial charge in [0.1, 0.15) is 0 Å². The van der Waals surface area contributed by atoms with Crippen molar-refractivity contribution in [1.29, 1.82) is 0 Å². The number of benzene rings is 1. The lowest BCUT2D eigenvalue weighted by Crippen LogP contribution is -2.37. The molecule has 0 spiro atoms. The summed E-state index contributed by atoms with van der Waals surface area (Å²) in [5.74, 6) is 0.717. The van der Waals surface area contributed by atoms with Gasteiger partial charge in [0.05, 0.1) is 4.92 Å². The van der Waals surface area contributed by atoms with E-state index in [-0.39, 0.29) is 5.69 Å². The highest BCUT2D eigenvalue weighted by atomic mass is 16.6. The molecule has 0 aliphatic heterocycles. The molecular formula is C15H24N4O3. The molecule has 0 aliphatic carbocycles. The highest BCUT2D eigenvalue weighted by Gasteiger charge is 2.04. The van der Waals surface area contributed by atoms with Crippen LogP contribution in [0.3, 0.4) is 0 Å². The van der Waals surface area contributed by atoms with Gasteiger partial charge in [-0.3, -0.25) is 15.1 Å². The van der Waals surface area contributed by atoms with Crippen molar-refractivity contribution in [2.75, 3.05) is 26.8 Å². The molecule has 1 aromatic carbocycles. The Labute approximate surface area is 130 Å². The summed E-state index contributed by atoms with van der Waals surface area (Å²) in [4.78, 5) is 14.3. The lowest BCUT2D eigenvalue weighted by molar-refractivity contribution is -0.384. The van der Waals surface area contributed by atoms with Gasteiger partial charge in [-0.15, -0.1) is 0 Å². The van der Waals surface area contributed by atoms with Crippen molar-refractivity contribution in [3.05, 3.63) is 39.9 Å². The van der Waals surface area contributed by atoms with Crippen LogP contribution < -0.4 is 10.6 Å². The molecule has 2 N–H and O–H groups in total. The number of hydrogen-bond acceptors (Lipinski definition) is 4. The molecule has 0 saturated carbocycles. The number of ether oxygens (including phenoxy) is 1. The van der Waals surface area contributed by atoms with Gasteiger partial charge in [0, 0.05) is 45.5 Å². The van der Waals surface area contributed by atoms with Crippen molar-refractivity contribution >= 4 is 11.6 Å². The number of nitrogens with one attached hydrogen (secondary N) is 2. The summed E-state index contributed by atoms with van der Waals surface area (Å²) < 4.78 is 5.28. The van der Waals surface area contributed by atoms with Crippen molar-refractivity contribution in [2.24, 2.45) is 4.99 Å². The molecule has 0 unspecified atom stereocenters. The first-order valence-corrected chi connectivity index (χ1v) is 7.43. The van der Waals surface area contributed by atoms with Crippen LogP contribution in [0.4, 0.5) is 5.69 Å². The molecule has 0 aromatic heterocycles. The zero-order chi connectivity index (χ0) is 16.2. The molecule has 1 rings (SSSR count). The molecule has 0 aliphatic rings. The molecular weight excluding hydrogens is 284 g/mol. The smallest absolute Gasteiger partial charge is 0.269 e. The van der Waals surface area contributed by atoms with Crippen molar-refractivity contribution < 1.29 is 9.66 Å². The van der Waals surface area contributed by atoms with Crippen LogP contribution in [0.5, 0.6) is 0 Å². The average molecular weight is 308 g/mol. The molecule has 0 bridgehead atoms. The maximum absolute atomic E-state index is 10.6. The summed E-state index contributed by atoms with van der Waals surface area (Å²) >= 11 is 0. The summed E-state index contributed by atoms with van der Waals surface area (Å²) in [6, 6.07) is 6.48. The third-order valence-electron chi connectivity index (χ3n) is 3.04. The minimum Gasteiger partial charge on any atom is -0.382 e. The number of guanidine groups is 1. The number of non-ortho nitro benzene ring substituents is 1. The summed E-state index contributed by atoms with van der Waals surface area (Å²) in [6.45, 7) is 4.92. The van der Waals surface area contributed by atoms with Gasteiger partial charge in [0.15, 0.2) is 5.96 Å². The number of rotatable bonds is 9. The highest BCUT2D eigenvalue weighted by molar-refractivity contribution is 5.79. The van der Waals surface area contributed by atoms with E-state index >= 15 is 0 Å². The molecule has 0 amide bonds. The lowest BCUT2D eigenvalue weighted by atomic mass is 10.2.